The molecule has 2 aromatic carbocycles. The van der Waals surface area contributed by atoms with Gasteiger partial charge in [0.1, 0.15) is 0 Å². The van der Waals surface area contributed by atoms with Crippen LogP contribution in [0.2, 0.25) is 0 Å². The van der Waals surface area contributed by atoms with Crippen LogP contribution < -0.4 is 15.5 Å². The molecule has 2 aromatic rings. The summed E-state index contributed by atoms with van der Waals surface area (Å²) in [7, 11) is 0. The molecule has 0 saturated carbocycles. The summed E-state index contributed by atoms with van der Waals surface area (Å²) in [6, 6.07) is 18.1. The molecule has 5 heteroatoms. The lowest BCUT2D eigenvalue weighted by Crippen LogP contribution is -2.36. The Labute approximate surface area is 136 Å². The first-order valence-electron chi connectivity index (χ1n) is 7.38. The van der Waals surface area contributed by atoms with Crippen LogP contribution in [0.5, 0.6) is 0 Å². The number of thiocarbonyl (C=S) groups is 1. The van der Waals surface area contributed by atoms with Crippen LogP contribution in [0.1, 0.15) is 0 Å². The lowest BCUT2D eigenvalue weighted by molar-refractivity contribution is 0.123. The van der Waals surface area contributed by atoms with Crippen LogP contribution in [0.15, 0.2) is 54.6 Å². The molecule has 1 aliphatic rings. The summed E-state index contributed by atoms with van der Waals surface area (Å²) in [6.45, 7) is 3.33. The normalized spacial score (nSPS) is 14.5. The second kappa shape index (κ2) is 7.24. The van der Waals surface area contributed by atoms with E-state index in [0.29, 0.717) is 5.11 Å². The Balaban J connectivity index is 1.70. The summed E-state index contributed by atoms with van der Waals surface area (Å²) in [4.78, 5) is 2.32. The molecule has 1 saturated heterocycles. The van der Waals surface area contributed by atoms with E-state index in [1.807, 2.05) is 48.5 Å². The van der Waals surface area contributed by atoms with Gasteiger partial charge < -0.3 is 20.3 Å². The minimum Gasteiger partial charge on any atom is -0.378 e. The van der Waals surface area contributed by atoms with Crippen molar-refractivity contribution in [2.45, 2.75) is 0 Å². The number of rotatable bonds is 3. The molecule has 3 rings (SSSR count). The molecular weight excluding hydrogens is 294 g/mol. The minimum absolute atomic E-state index is 0.590. The predicted octanol–water partition coefficient (Wildman–Crippen LogP) is 3.33. The number of benzene rings is 2. The van der Waals surface area contributed by atoms with Crippen molar-refractivity contribution in [2.75, 3.05) is 41.8 Å². The van der Waals surface area contributed by atoms with E-state index < -0.39 is 0 Å². The van der Waals surface area contributed by atoms with E-state index >= 15 is 0 Å². The van der Waals surface area contributed by atoms with Gasteiger partial charge in [-0.25, -0.2) is 0 Å². The molecule has 1 aliphatic heterocycles. The highest BCUT2D eigenvalue weighted by molar-refractivity contribution is 7.80. The van der Waals surface area contributed by atoms with Crippen molar-refractivity contribution in [3.05, 3.63) is 54.6 Å². The number of nitrogens with one attached hydrogen (secondary N) is 2. The molecule has 0 radical (unpaired) electrons. The number of hydrogen-bond donors (Lipinski definition) is 2. The fourth-order valence-corrected chi connectivity index (χ4v) is 2.69. The van der Waals surface area contributed by atoms with Crippen LogP contribution in [0.4, 0.5) is 17.1 Å². The second-order valence-electron chi connectivity index (χ2n) is 5.06. The van der Waals surface area contributed by atoms with Crippen LogP contribution in [0.25, 0.3) is 0 Å². The van der Waals surface area contributed by atoms with Crippen molar-refractivity contribution in [3.63, 3.8) is 0 Å². The minimum atomic E-state index is 0.590. The number of nitrogens with zero attached hydrogens (tertiary/aromatic N) is 1. The molecule has 4 nitrogen and oxygen atoms in total. The molecule has 0 spiro atoms. The third kappa shape index (κ3) is 3.75. The Hall–Kier alpha value is -2.11. The Morgan fingerprint density at radius 1 is 0.909 bits per heavy atom. The van der Waals surface area contributed by atoms with E-state index in [2.05, 4.69) is 21.6 Å². The van der Waals surface area contributed by atoms with Crippen molar-refractivity contribution >= 4 is 34.4 Å². The molecule has 0 amide bonds. The van der Waals surface area contributed by atoms with E-state index in [-0.39, 0.29) is 0 Å². The van der Waals surface area contributed by atoms with Gasteiger partial charge >= 0.3 is 0 Å². The van der Waals surface area contributed by atoms with Crippen molar-refractivity contribution in [3.8, 4) is 0 Å². The van der Waals surface area contributed by atoms with Gasteiger partial charge in [-0.3, -0.25) is 0 Å². The second-order valence-corrected chi connectivity index (χ2v) is 5.47. The molecule has 2 N–H and O–H groups in total. The summed E-state index contributed by atoms with van der Waals surface area (Å²) in [5, 5.41) is 7.08. The fraction of sp³-hybridized carbons (Fsp3) is 0.235. The monoisotopic (exact) mass is 313 g/mol. The maximum atomic E-state index is 5.42. The summed E-state index contributed by atoms with van der Waals surface area (Å²) >= 11 is 5.41. The standard InChI is InChI=1S/C17H19N3OS/c22-17(18-14-6-2-1-3-7-14)19-15-8-4-5-9-16(15)20-10-12-21-13-11-20/h1-9H,10-13H2,(H2,18,19,22). The maximum Gasteiger partial charge on any atom is 0.175 e. The van der Waals surface area contributed by atoms with E-state index in [1.165, 1.54) is 0 Å². The molecular formula is C17H19N3OS. The largest absolute Gasteiger partial charge is 0.378 e. The highest BCUT2D eigenvalue weighted by Crippen LogP contribution is 2.26. The molecule has 22 heavy (non-hydrogen) atoms. The highest BCUT2D eigenvalue weighted by atomic mass is 32.1. The van der Waals surface area contributed by atoms with Gasteiger partial charge in [-0.15, -0.1) is 0 Å². The van der Waals surface area contributed by atoms with Gasteiger partial charge in [-0.05, 0) is 36.5 Å². The van der Waals surface area contributed by atoms with E-state index in [4.69, 9.17) is 17.0 Å². The number of ether oxygens (including phenoxy) is 1. The van der Waals surface area contributed by atoms with Crippen LogP contribution in [-0.2, 0) is 4.74 Å². The quantitative estimate of drug-likeness (QED) is 0.850. The number of para-hydroxylation sites is 3. The molecule has 114 valence electrons. The summed E-state index contributed by atoms with van der Waals surface area (Å²) in [5.41, 5.74) is 3.14. The van der Waals surface area contributed by atoms with Crippen molar-refractivity contribution in [1.29, 1.82) is 0 Å². The molecule has 0 aromatic heterocycles. The molecule has 1 heterocycles. The first kappa shape index (κ1) is 14.8. The average Bonchev–Trinajstić information content (AvgIpc) is 2.57. The smallest absolute Gasteiger partial charge is 0.175 e. The maximum absolute atomic E-state index is 5.42. The lowest BCUT2D eigenvalue weighted by atomic mass is 10.2. The van der Waals surface area contributed by atoms with Crippen molar-refractivity contribution in [1.82, 2.24) is 0 Å². The Morgan fingerprint density at radius 3 is 2.36 bits per heavy atom. The van der Waals surface area contributed by atoms with Crippen LogP contribution in [0.3, 0.4) is 0 Å². The summed E-state index contributed by atoms with van der Waals surface area (Å²) in [6.07, 6.45) is 0. The van der Waals surface area contributed by atoms with Crippen molar-refractivity contribution < 1.29 is 4.74 Å². The van der Waals surface area contributed by atoms with Crippen LogP contribution in [0, 0.1) is 0 Å². The third-order valence-electron chi connectivity index (χ3n) is 3.54. The summed E-state index contributed by atoms with van der Waals surface area (Å²) in [5.74, 6) is 0. The SMILES string of the molecule is S=C(Nc1ccccc1)Nc1ccccc1N1CCOCC1. The van der Waals surface area contributed by atoms with Crippen LogP contribution in [-0.4, -0.2) is 31.4 Å². The third-order valence-corrected chi connectivity index (χ3v) is 3.74. The fourth-order valence-electron chi connectivity index (χ4n) is 2.47. The Kier molecular flexibility index (Phi) is 4.88. The van der Waals surface area contributed by atoms with Gasteiger partial charge in [0.2, 0.25) is 0 Å². The van der Waals surface area contributed by atoms with E-state index in [9.17, 15) is 0 Å². The topological polar surface area (TPSA) is 36.5 Å². The predicted molar refractivity (Wildman–Crippen MR) is 95.8 cm³/mol. The molecule has 1 fully saturated rings. The zero-order valence-electron chi connectivity index (χ0n) is 12.3. The molecule has 0 atom stereocenters. The van der Waals surface area contributed by atoms with Gasteiger partial charge in [0.05, 0.1) is 24.6 Å². The van der Waals surface area contributed by atoms with Gasteiger partial charge in [0.25, 0.3) is 0 Å². The van der Waals surface area contributed by atoms with Gasteiger partial charge in [0, 0.05) is 18.8 Å². The summed E-state index contributed by atoms with van der Waals surface area (Å²) < 4.78 is 5.42. The van der Waals surface area contributed by atoms with Gasteiger partial charge in [-0.2, -0.15) is 0 Å². The molecule has 0 unspecified atom stereocenters. The lowest BCUT2D eigenvalue weighted by Gasteiger charge is -2.30. The number of anilines is 3. The molecule has 0 bridgehead atoms. The highest BCUT2D eigenvalue weighted by Gasteiger charge is 2.14. The average molecular weight is 313 g/mol. The Morgan fingerprint density at radius 2 is 1.59 bits per heavy atom. The first-order chi connectivity index (χ1) is 10.8. The first-order valence-corrected chi connectivity index (χ1v) is 7.78. The molecule has 0 aliphatic carbocycles. The Bertz CT molecular complexity index is 627. The van der Waals surface area contributed by atoms with Gasteiger partial charge in [0.15, 0.2) is 5.11 Å². The van der Waals surface area contributed by atoms with E-state index in [1.54, 1.807) is 0 Å². The van der Waals surface area contributed by atoms with Crippen molar-refractivity contribution in [2.24, 2.45) is 0 Å². The van der Waals surface area contributed by atoms with Crippen LogP contribution >= 0.6 is 12.2 Å². The zero-order chi connectivity index (χ0) is 15.2. The zero-order valence-corrected chi connectivity index (χ0v) is 13.1. The van der Waals surface area contributed by atoms with E-state index in [0.717, 1.165) is 43.4 Å². The number of morpholine rings is 1. The van der Waals surface area contributed by atoms with Gasteiger partial charge in [-0.1, -0.05) is 30.3 Å². The number of hydrogen-bond acceptors (Lipinski definition) is 3.